The number of hydrogen-bond acceptors (Lipinski definition) is 9. The number of amides is 1. The molecule has 1 saturated carbocycles. The minimum Gasteiger partial charge on any atom is -0.451 e. The fourth-order valence-corrected chi connectivity index (χ4v) is 7.11. The Morgan fingerprint density at radius 2 is 1.90 bits per heavy atom. The Labute approximate surface area is 248 Å². The number of aliphatic hydroxyl groups is 1. The Morgan fingerprint density at radius 1 is 1.21 bits per heavy atom. The van der Waals surface area contributed by atoms with Gasteiger partial charge in [0, 0.05) is 38.5 Å². The molecule has 4 rings (SSSR count). The molecule has 2 aliphatic rings. The van der Waals surface area contributed by atoms with Gasteiger partial charge in [0.05, 0.1) is 22.6 Å². The number of carbonyl (C=O) groups excluding carboxylic acids is 1. The number of aromatic nitrogens is 2. The van der Waals surface area contributed by atoms with Crippen LogP contribution in [-0.4, -0.2) is 90.2 Å². The summed E-state index contributed by atoms with van der Waals surface area (Å²) in [6.45, 7) is 8.46. The standard InChI is InChI=1S/C30H44FN5O5S/c1-5-36(21(2)3)29(37)25-16-23(31)8-11-26(25)41-27-18-33-20-34-28(27)35-14-12-30(38,13-15-35)19-32-17-22-6-9-24(10-7-22)42(4,39)40/h8,11,16,18,20-22,24,32,38H,5-7,9-10,12-15,17,19H2,1-4H3/t22-,24-. The number of benzene rings is 1. The molecule has 0 spiro atoms. The first-order chi connectivity index (χ1) is 19.9. The largest absolute Gasteiger partial charge is 0.451 e. The number of carbonyl (C=O) groups is 1. The number of rotatable bonds is 11. The van der Waals surface area contributed by atoms with Gasteiger partial charge in [-0.2, -0.15) is 0 Å². The van der Waals surface area contributed by atoms with E-state index >= 15 is 0 Å². The number of nitrogens with one attached hydrogen (secondary N) is 1. The van der Waals surface area contributed by atoms with Crippen LogP contribution in [0.4, 0.5) is 10.2 Å². The topological polar surface area (TPSA) is 125 Å². The SMILES string of the molecule is CCN(C(=O)c1cc(F)ccc1Oc1cncnc1N1CCC(O)(CNC[C@H]2CC[C@H](S(C)(=O)=O)CC2)CC1)C(C)C. The van der Waals surface area contributed by atoms with Crippen LogP contribution in [0.25, 0.3) is 0 Å². The van der Waals surface area contributed by atoms with Crippen LogP contribution in [0.2, 0.25) is 0 Å². The zero-order chi connectivity index (χ0) is 30.5. The Hall–Kier alpha value is -2.83. The van der Waals surface area contributed by atoms with E-state index < -0.39 is 21.3 Å². The van der Waals surface area contributed by atoms with Crippen molar-refractivity contribution in [2.75, 3.05) is 43.9 Å². The van der Waals surface area contributed by atoms with Crippen molar-refractivity contribution < 1.29 is 27.4 Å². The Kier molecular flexibility index (Phi) is 10.4. The molecule has 0 radical (unpaired) electrons. The van der Waals surface area contributed by atoms with Gasteiger partial charge in [-0.1, -0.05) is 0 Å². The number of hydrogen-bond donors (Lipinski definition) is 2. The molecule has 1 aliphatic carbocycles. The van der Waals surface area contributed by atoms with E-state index in [0.717, 1.165) is 19.4 Å². The lowest BCUT2D eigenvalue weighted by Crippen LogP contribution is -2.51. The number of sulfone groups is 1. The van der Waals surface area contributed by atoms with Gasteiger partial charge in [-0.3, -0.25) is 4.79 Å². The average molecular weight is 606 g/mol. The predicted octanol–water partition coefficient (Wildman–Crippen LogP) is 3.80. The molecule has 2 aromatic rings. The molecule has 0 atom stereocenters. The van der Waals surface area contributed by atoms with Gasteiger partial charge < -0.3 is 25.0 Å². The molecule has 1 aromatic heterocycles. The van der Waals surface area contributed by atoms with Crippen molar-refractivity contribution in [1.29, 1.82) is 0 Å². The van der Waals surface area contributed by atoms with Crippen LogP contribution in [0.3, 0.4) is 0 Å². The molecule has 42 heavy (non-hydrogen) atoms. The van der Waals surface area contributed by atoms with Crippen LogP contribution in [0.5, 0.6) is 11.5 Å². The average Bonchev–Trinajstić information content (AvgIpc) is 2.95. The van der Waals surface area contributed by atoms with Crippen LogP contribution < -0.4 is 15.0 Å². The summed E-state index contributed by atoms with van der Waals surface area (Å²) in [5.41, 5.74) is -0.741. The minimum atomic E-state index is -2.98. The summed E-state index contributed by atoms with van der Waals surface area (Å²) in [4.78, 5) is 25.5. The molecular weight excluding hydrogens is 561 g/mol. The maximum Gasteiger partial charge on any atom is 0.257 e. The highest BCUT2D eigenvalue weighted by Gasteiger charge is 2.34. The van der Waals surface area contributed by atoms with Gasteiger partial charge in [0.2, 0.25) is 0 Å². The van der Waals surface area contributed by atoms with Crippen molar-refractivity contribution in [3.8, 4) is 11.5 Å². The normalized spacial score (nSPS) is 20.9. The molecule has 12 heteroatoms. The Balaban J connectivity index is 1.36. The summed E-state index contributed by atoms with van der Waals surface area (Å²) in [6, 6.07) is 3.83. The third-order valence-corrected chi connectivity index (χ3v) is 10.2. The lowest BCUT2D eigenvalue weighted by atomic mass is 9.88. The van der Waals surface area contributed by atoms with E-state index in [1.165, 1.54) is 37.0 Å². The van der Waals surface area contributed by atoms with Crippen molar-refractivity contribution in [3.63, 3.8) is 0 Å². The van der Waals surface area contributed by atoms with Crippen LogP contribution in [0.15, 0.2) is 30.7 Å². The smallest absolute Gasteiger partial charge is 0.257 e. The van der Waals surface area contributed by atoms with Crippen molar-refractivity contribution in [2.45, 2.75) is 76.2 Å². The molecule has 1 amide bonds. The van der Waals surface area contributed by atoms with Crippen molar-refractivity contribution in [3.05, 3.63) is 42.1 Å². The van der Waals surface area contributed by atoms with Crippen molar-refractivity contribution in [2.24, 2.45) is 5.92 Å². The second-order valence-corrected chi connectivity index (χ2v) is 14.3. The third kappa shape index (κ3) is 7.96. The molecule has 1 saturated heterocycles. The van der Waals surface area contributed by atoms with E-state index in [0.29, 0.717) is 69.3 Å². The number of anilines is 1. The highest BCUT2D eigenvalue weighted by atomic mass is 32.2. The molecule has 232 valence electrons. The first-order valence-electron chi connectivity index (χ1n) is 14.9. The molecular formula is C30H44FN5O5S. The summed E-state index contributed by atoms with van der Waals surface area (Å²) in [6.07, 6.45) is 8.48. The maximum atomic E-state index is 14.2. The Morgan fingerprint density at radius 3 is 2.52 bits per heavy atom. The van der Waals surface area contributed by atoms with E-state index in [1.807, 2.05) is 25.7 Å². The number of halogens is 1. The summed E-state index contributed by atoms with van der Waals surface area (Å²) in [5.74, 6) is 0.681. The molecule has 1 aromatic carbocycles. The Bertz CT molecular complexity index is 1330. The van der Waals surface area contributed by atoms with Gasteiger partial charge in [0.15, 0.2) is 11.6 Å². The number of nitrogens with zero attached hydrogens (tertiary/aromatic N) is 4. The number of ether oxygens (including phenoxy) is 1. The lowest BCUT2D eigenvalue weighted by molar-refractivity contribution is 0.0156. The zero-order valence-electron chi connectivity index (χ0n) is 25.1. The summed E-state index contributed by atoms with van der Waals surface area (Å²) in [7, 11) is -2.98. The maximum absolute atomic E-state index is 14.2. The lowest BCUT2D eigenvalue weighted by Gasteiger charge is -2.39. The fraction of sp³-hybridized carbons (Fsp3) is 0.633. The summed E-state index contributed by atoms with van der Waals surface area (Å²) in [5, 5.41) is 14.5. The van der Waals surface area contributed by atoms with Gasteiger partial charge in [-0.25, -0.2) is 22.8 Å². The summed E-state index contributed by atoms with van der Waals surface area (Å²) >= 11 is 0. The highest BCUT2D eigenvalue weighted by Crippen LogP contribution is 2.35. The van der Waals surface area contributed by atoms with Crippen LogP contribution in [0.1, 0.15) is 69.7 Å². The van der Waals surface area contributed by atoms with Gasteiger partial charge in [0.1, 0.15) is 27.7 Å². The molecule has 1 aliphatic heterocycles. The van der Waals surface area contributed by atoms with E-state index in [1.54, 1.807) is 4.90 Å². The van der Waals surface area contributed by atoms with E-state index in [4.69, 9.17) is 4.74 Å². The molecule has 0 bridgehead atoms. The highest BCUT2D eigenvalue weighted by molar-refractivity contribution is 7.91. The third-order valence-electron chi connectivity index (χ3n) is 8.56. The van der Waals surface area contributed by atoms with Gasteiger partial charge in [0.25, 0.3) is 5.91 Å². The fourth-order valence-electron chi connectivity index (χ4n) is 5.98. The second kappa shape index (κ2) is 13.6. The van der Waals surface area contributed by atoms with Crippen LogP contribution in [-0.2, 0) is 9.84 Å². The molecule has 10 nitrogen and oxygen atoms in total. The van der Waals surface area contributed by atoms with E-state index in [2.05, 4.69) is 15.3 Å². The molecule has 2 fully saturated rings. The molecule has 2 heterocycles. The first kappa shape index (κ1) is 32.1. The van der Waals surface area contributed by atoms with Gasteiger partial charge in [-0.15, -0.1) is 0 Å². The predicted molar refractivity (Wildman–Crippen MR) is 160 cm³/mol. The van der Waals surface area contributed by atoms with Crippen LogP contribution >= 0.6 is 0 Å². The van der Waals surface area contributed by atoms with Gasteiger partial charge >= 0.3 is 0 Å². The quantitative estimate of drug-likeness (QED) is 0.394. The van der Waals surface area contributed by atoms with Crippen molar-refractivity contribution in [1.82, 2.24) is 20.2 Å². The van der Waals surface area contributed by atoms with Crippen LogP contribution in [0, 0.1) is 11.7 Å². The second-order valence-electron chi connectivity index (χ2n) is 12.0. The minimum absolute atomic E-state index is 0.0641. The monoisotopic (exact) mass is 605 g/mol. The summed E-state index contributed by atoms with van der Waals surface area (Å²) < 4.78 is 44.0. The first-order valence-corrected chi connectivity index (χ1v) is 16.8. The molecule has 0 unspecified atom stereocenters. The number of piperidine rings is 1. The van der Waals surface area contributed by atoms with Crippen molar-refractivity contribution >= 4 is 21.6 Å². The van der Waals surface area contributed by atoms with E-state index in [-0.39, 0.29) is 28.5 Å². The molecule has 2 N–H and O–H groups in total. The van der Waals surface area contributed by atoms with E-state index in [9.17, 15) is 22.7 Å². The van der Waals surface area contributed by atoms with Gasteiger partial charge in [-0.05, 0) is 90.0 Å². The zero-order valence-corrected chi connectivity index (χ0v) is 25.9.